The van der Waals surface area contributed by atoms with E-state index in [4.69, 9.17) is 0 Å². The summed E-state index contributed by atoms with van der Waals surface area (Å²) in [6.07, 6.45) is 4.44. The Kier molecular flexibility index (Phi) is 4.74. The Morgan fingerprint density at radius 2 is 1.87 bits per heavy atom. The van der Waals surface area contributed by atoms with Gasteiger partial charge in [0.1, 0.15) is 0 Å². The van der Waals surface area contributed by atoms with E-state index in [1.165, 1.54) is 11.1 Å². The number of hydrogen-bond acceptors (Lipinski definition) is 3. The zero-order valence-corrected chi connectivity index (χ0v) is 13.9. The molecule has 0 fully saturated rings. The van der Waals surface area contributed by atoms with E-state index in [0.29, 0.717) is 30.4 Å². The van der Waals surface area contributed by atoms with Gasteiger partial charge in [-0.05, 0) is 56.6 Å². The summed E-state index contributed by atoms with van der Waals surface area (Å²) in [7, 11) is 0. The molecule has 0 aliphatic heterocycles. The van der Waals surface area contributed by atoms with Crippen LogP contribution < -0.4 is 5.32 Å². The Hall–Kier alpha value is -2.17. The quantitative estimate of drug-likeness (QED) is 0.883. The minimum atomic E-state index is -0.107. The van der Waals surface area contributed by atoms with Crippen LogP contribution in [0.3, 0.4) is 0 Å². The molecule has 1 heterocycles. The molecule has 0 bridgehead atoms. The Morgan fingerprint density at radius 1 is 1.22 bits per heavy atom. The molecule has 1 aromatic carbocycles. The predicted molar refractivity (Wildman–Crippen MR) is 89.3 cm³/mol. The molecule has 2 aromatic rings. The van der Waals surface area contributed by atoms with E-state index in [9.17, 15) is 4.79 Å². The smallest absolute Gasteiger partial charge is 0.273 e. The highest BCUT2D eigenvalue weighted by atomic mass is 16.2. The maximum absolute atomic E-state index is 12.3. The highest BCUT2D eigenvalue weighted by molar-refractivity contribution is 5.93. The topological polar surface area (TPSA) is 59.8 Å². The maximum Gasteiger partial charge on any atom is 0.273 e. The molecule has 0 unspecified atom stereocenters. The van der Waals surface area contributed by atoms with Crippen LogP contribution in [0.4, 0.5) is 0 Å². The van der Waals surface area contributed by atoms with Crippen molar-refractivity contribution < 1.29 is 4.79 Å². The lowest BCUT2D eigenvalue weighted by Crippen LogP contribution is -2.30. The molecule has 3 rings (SSSR count). The first-order valence-electron chi connectivity index (χ1n) is 8.44. The van der Waals surface area contributed by atoms with Crippen molar-refractivity contribution in [1.29, 1.82) is 0 Å². The third-order valence-electron chi connectivity index (χ3n) is 4.64. The third-order valence-corrected chi connectivity index (χ3v) is 4.64. The van der Waals surface area contributed by atoms with Crippen molar-refractivity contribution in [2.24, 2.45) is 5.92 Å². The number of amides is 1. The van der Waals surface area contributed by atoms with Crippen molar-refractivity contribution >= 4 is 5.91 Å². The van der Waals surface area contributed by atoms with Crippen LogP contribution in [0.5, 0.6) is 0 Å². The molecule has 1 N–H and O–H groups in total. The van der Waals surface area contributed by atoms with Gasteiger partial charge in [-0.3, -0.25) is 4.79 Å². The Bertz CT molecular complexity index is 665. The van der Waals surface area contributed by atoms with E-state index in [0.717, 1.165) is 25.7 Å². The maximum atomic E-state index is 12.3. The number of carbonyl (C=O) groups is 1. The SMILES string of the molecule is CCn1nc(C)c(C(=O)NCC2CCc3ccccc3CC2)n1. The summed E-state index contributed by atoms with van der Waals surface area (Å²) < 4.78 is 0. The Morgan fingerprint density at radius 3 is 2.43 bits per heavy atom. The van der Waals surface area contributed by atoms with Crippen LogP contribution in [0.1, 0.15) is 47.1 Å². The zero-order chi connectivity index (χ0) is 16.2. The second-order valence-corrected chi connectivity index (χ2v) is 6.24. The number of aryl methyl sites for hydroxylation is 4. The minimum absolute atomic E-state index is 0.107. The first kappa shape index (κ1) is 15.7. The van der Waals surface area contributed by atoms with Gasteiger partial charge in [-0.2, -0.15) is 9.90 Å². The van der Waals surface area contributed by atoms with E-state index in [-0.39, 0.29) is 5.91 Å². The number of benzene rings is 1. The number of rotatable bonds is 4. The minimum Gasteiger partial charge on any atom is -0.350 e. The van der Waals surface area contributed by atoms with Gasteiger partial charge >= 0.3 is 0 Å². The summed E-state index contributed by atoms with van der Waals surface area (Å²) in [4.78, 5) is 13.9. The van der Waals surface area contributed by atoms with Crippen LogP contribution in [-0.2, 0) is 19.4 Å². The lowest BCUT2D eigenvalue weighted by Gasteiger charge is -2.14. The van der Waals surface area contributed by atoms with Crippen LogP contribution in [0.15, 0.2) is 24.3 Å². The van der Waals surface area contributed by atoms with Gasteiger partial charge in [0.25, 0.3) is 5.91 Å². The van der Waals surface area contributed by atoms with E-state index in [1.54, 1.807) is 4.80 Å². The summed E-state index contributed by atoms with van der Waals surface area (Å²) >= 11 is 0. The average Bonchev–Trinajstić information content (AvgIpc) is 2.83. The fourth-order valence-electron chi connectivity index (χ4n) is 3.22. The van der Waals surface area contributed by atoms with Crippen LogP contribution in [0.25, 0.3) is 0 Å². The van der Waals surface area contributed by atoms with Gasteiger partial charge in [-0.15, -0.1) is 5.10 Å². The molecule has 1 aliphatic rings. The summed E-state index contributed by atoms with van der Waals surface area (Å²) in [6.45, 7) is 5.18. The van der Waals surface area contributed by atoms with Gasteiger partial charge < -0.3 is 5.32 Å². The van der Waals surface area contributed by atoms with Crippen molar-refractivity contribution in [1.82, 2.24) is 20.3 Å². The first-order valence-corrected chi connectivity index (χ1v) is 8.44. The third kappa shape index (κ3) is 3.60. The Balaban J connectivity index is 1.56. The fourth-order valence-corrected chi connectivity index (χ4v) is 3.22. The normalized spacial score (nSPS) is 15.0. The number of carbonyl (C=O) groups excluding carboxylic acids is 1. The second-order valence-electron chi connectivity index (χ2n) is 6.24. The predicted octanol–water partition coefficient (Wildman–Crippen LogP) is 2.53. The first-order chi connectivity index (χ1) is 11.2. The van der Waals surface area contributed by atoms with Crippen LogP contribution in [-0.4, -0.2) is 27.4 Å². The van der Waals surface area contributed by atoms with Crippen molar-refractivity contribution in [3.8, 4) is 0 Å². The van der Waals surface area contributed by atoms with Gasteiger partial charge in [-0.1, -0.05) is 24.3 Å². The number of aromatic nitrogens is 3. The van der Waals surface area contributed by atoms with Crippen LogP contribution in [0.2, 0.25) is 0 Å². The van der Waals surface area contributed by atoms with Gasteiger partial charge in [0.05, 0.1) is 12.2 Å². The molecule has 23 heavy (non-hydrogen) atoms. The van der Waals surface area contributed by atoms with Crippen molar-refractivity contribution in [3.63, 3.8) is 0 Å². The molecular formula is C18H24N4O. The molecule has 0 saturated heterocycles. The lowest BCUT2D eigenvalue weighted by atomic mass is 9.99. The number of fused-ring (bicyclic) bond motifs is 1. The van der Waals surface area contributed by atoms with Crippen LogP contribution >= 0.6 is 0 Å². The number of nitrogens with one attached hydrogen (secondary N) is 1. The molecule has 0 radical (unpaired) electrons. The molecule has 1 amide bonds. The van der Waals surface area contributed by atoms with Gasteiger partial charge in [0.2, 0.25) is 0 Å². The molecule has 5 heteroatoms. The summed E-state index contributed by atoms with van der Waals surface area (Å²) in [5.74, 6) is 0.414. The lowest BCUT2D eigenvalue weighted by molar-refractivity contribution is 0.0939. The zero-order valence-electron chi connectivity index (χ0n) is 13.9. The molecule has 1 aromatic heterocycles. The monoisotopic (exact) mass is 312 g/mol. The molecule has 122 valence electrons. The largest absolute Gasteiger partial charge is 0.350 e. The van der Waals surface area contributed by atoms with Gasteiger partial charge in [0.15, 0.2) is 5.69 Å². The second kappa shape index (κ2) is 6.94. The van der Waals surface area contributed by atoms with E-state index < -0.39 is 0 Å². The summed E-state index contributed by atoms with van der Waals surface area (Å²) in [5, 5.41) is 11.5. The molecule has 0 spiro atoms. The average molecular weight is 312 g/mol. The van der Waals surface area contributed by atoms with Crippen molar-refractivity contribution in [2.45, 2.75) is 46.1 Å². The van der Waals surface area contributed by atoms with Gasteiger partial charge in [-0.25, -0.2) is 0 Å². The highest BCUT2D eigenvalue weighted by Crippen LogP contribution is 2.24. The molecule has 1 aliphatic carbocycles. The summed E-state index contributed by atoms with van der Waals surface area (Å²) in [6, 6.07) is 8.67. The number of nitrogens with zero attached hydrogens (tertiary/aromatic N) is 3. The van der Waals surface area contributed by atoms with Gasteiger partial charge in [0, 0.05) is 6.54 Å². The van der Waals surface area contributed by atoms with Crippen molar-refractivity contribution in [2.75, 3.05) is 6.54 Å². The van der Waals surface area contributed by atoms with E-state index in [1.807, 2.05) is 13.8 Å². The molecule has 0 saturated carbocycles. The molecule has 5 nitrogen and oxygen atoms in total. The Labute approximate surface area is 137 Å². The number of hydrogen-bond donors (Lipinski definition) is 1. The summed E-state index contributed by atoms with van der Waals surface area (Å²) in [5.41, 5.74) is 4.06. The molecule has 0 atom stereocenters. The fraction of sp³-hybridized carbons (Fsp3) is 0.500. The van der Waals surface area contributed by atoms with Crippen LogP contribution in [0, 0.1) is 12.8 Å². The van der Waals surface area contributed by atoms with E-state index >= 15 is 0 Å². The highest BCUT2D eigenvalue weighted by Gasteiger charge is 2.19. The van der Waals surface area contributed by atoms with Crippen molar-refractivity contribution in [3.05, 3.63) is 46.8 Å². The molecular weight excluding hydrogens is 288 g/mol. The standard InChI is InChI=1S/C18H24N4O/c1-3-22-20-13(2)17(21-22)18(23)19-12-14-8-10-15-6-4-5-7-16(15)11-9-14/h4-7,14H,3,8-12H2,1-2H3,(H,19,23). The van der Waals surface area contributed by atoms with E-state index in [2.05, 4.69) is 39.8 Å².